The molecule has 1 aromatic carbocycles. The molecule has 2 aromatic heterocycles. The minimum Gasteiger partial charge on any atom is -0.492 e. The molecule has 0 aliphatic carbocycles. The summed E-state index contributed by atoms with van der Waals surface area (Å²) in [5.74, 6) is 1.31. The van der Waals surface area contributed by atoms with E-state index >= 15 is 0 Å². The van der Waals surface area contributed by atoms with E-state index in [0.29, 0.717) is 30.1 Å². The van der Waals surface area contributed by atoms with E-state index in [9.17, 15) is 4.79 Å². The van der Waals surface area contributed by atoms with Crippen molar-refractivity contribution < 1.29 is 9.53 Å². The Kier molecular flexibility index (Phi) is 4.85. The predicted molar refractivity (Wildman–Crippen MR) is 89.9 cm³/mol. The normalized spacial score (nSPS) is 10.5. The third-order valence-electron chi connectivity index (χ3n) is 3.38. The van der Waals surface area contributed by atoms with Crippen LogP contribution in [0.25, 0.3) is 11.2 Å². The highest BCUT2D eigenvalue weighted by atomic mass is 16.5. The molecule has 8 heteroatoms. The number of imidazole rings is 1. The number of aromatic amines is 1. The number of hydrogen-bond donors (Lipinski definition) is 2. The second-order valence-corrected chi connectivity index (χ2v) is 5.17. The van der Waals surface area contributed by atoms with Crippen molar-refractivity contribution in [1.29, 1.82) is 0 Å². The minimum absolute atomic E-state index is 0.111. The van der Waals surface area contributed by atoms with Crippen molar-refractivity contribution in [1.82, 2.24) is 25.3 Å². The topological polar surface area (TPSA) is 96.0 Å². The average Bonchev–Trinajstić information content (AvgIpc) is 3.08. The molecule has 0 unspecified atom stereocenters. The number of carbonyl (C=O) groups excluding carboxylic acids is 1. The number of aromatic nitrogens is 4. The van der Waals surface area contributed by atoms with Gasteiger partial charge in [0.25, 0.3) is 0 Å². The molecule has 8 nitrogen and oxygen atoms in total. The van der Waals surface area contributed by atoms with E-state index in [4.69, 9.17) is 4.74 Å². The molecule has 1 amide bonds. The highest BCUT2D eigenvalue weighted by Crippen LogP contribution is 2.17. The van der Waals surface area contributed by atoms with Gasteiger partial charge >= 0.3 is 0 Å². The maximum absolute atomic E-state index is 12.0. The summed E-state index contributed by atoms with van der Waals surface area (Å²) in [6.45, 7) is 1.03. The summed E-state index contributed by atoms with van der Waals surface area (Å²) in [5.41, 5.74) is 1.28. The molecular formula is C16H18N6O2. The summed E-state index contributed by atoms with van der Waals surface area (Å²) in [7, 11) is 1.79. The number of ether oxygens (including phenoxy) is 1. The first-order chi connectivity index (χ1) is 11.7. The molecule has 0 bridgehead atoms. The molecule has 0 atom stereocenters. The smallest absolute Gasteiger partial charge is 0.239 e. The number of anilines is 1. The van der Waals surface area contributed by atoms with Gasteiger partial charge in [-0.2, -0.15) is 0 Å². The molecule has 0 spiro atoms. The van der Waals surface area contributed by atoms with E-state index in [2.05, 4.69) is 25.3 Å². The highest BCUT2D eigenvalue weighted by Gasteiger charge is 2.13. The van der Waals surface area contributed by atoms with E-state index < -0.39 is 0 Å². The summed E-state index contributed by atoms with van der Waals surface area (Å²) in [6.07, 6.45) is 2.98. The number of amides is 1. The van der Waals surface area contributed by atoms with Crippen LogP contribution in [0.15, 0.2) is 43.0 Å². The lowest BCUT2D eigenvalue weighted by Gasteiger charge is -2.17. The van der Waals surface area contributed by atoms with E-state index in [0.717, 1.165) is 5.75 Å². The number of carbonyl (C=O) groups is 1. The lowest BCUT2D eigenvalue weighted by atomic mass is 10.3. The van der Waals surface area contributed by atoms with Crippen molar-refractivity contribution in [3.05, 3.63) is 43.0 Å². The fourth-order valence-electron chi connectivity index (χ4n) is 2.26. The van der Waals surface area contributed by atoms with Gasteiger partial charge in [0.1, 0.15) is 24.2 Å². The van der Waals surface area contributed by atoms with Crippen molar-refractivity contribution in [2.24, 2.45) is 0 Å². The molecule has 2 N–H and O–H groups in total. The standard InChI is InChI=1S/C16H18N6O2/c1-22(16-14-15(19-10-18-14)20-11-21-16)9-13(23)17-7-8-24-12-5-3-2-4-6-12/h2-6,10-11H,7-9H2,1H3,(H,17,23)(H,18,19,20,21). The van der Waals surface area contributed by atoms with Crippen LogP contribution in [-0.2, 0) is 4.79 Å². The molecule has 3 rings (SSSR count). The second-order valence-electron chi connectivity index (χ2n) is 5.17. The predicted octanol–water partition coefficient (Wildman–Crippen LogP) is 0.984. The van der Waals surface area contributed by atoms with Gasteiger partial charge in [-0.25, -0.2) is 15.0 Å². The summed E-state index contributed by atoms with van der Waals surface area (Å²) < 4.78 is 5.53. The van der Waals surface area contributed by atoms with Gasteiger partial charge < -0.3 is 19.9 Å². The summed E-state index contributed by atoms with van der Waals surface area (Å²) in [6, 6.07) is 9.48. The van der Waals surface area contributed by atoms with Gasteiger partial charge in [0.15, 0.2) is 11.5 Å². The second kappa shape index (κ2) is 7.40. The summed E-state index contributed by atoms with van der Waals surface area (Å²) in [5, 5.41) is 2.82. The number of hydrogen-bond acceptors (Lipinski definition) is 6. The van der Waals surface area contributed by atoms with Gasteiger partial charge in [-0.3, -0.25) is 4.79 Å². The van der Waals surface area contributed by atoms with E-state index in [1.165, 1.54) is 6.33 Å². The number of benzene rings is 1. The molecule has 0 radical (unpaired) electrons. The van der Waals surface area contributed by atoms with Crippen LogP contribution in [0, 0.1) is 0 Å². The molecule has 0 saturated heterocycles. The number of rotatable bonds is 7. The van der Waals surface area contributed by atoms with Crippen molar-refractivity contribution in [3.8, 4) is 5.75 Å². The molecule has 24 heavy (non-hydrogen) atoms. The third-order valence-corrected chi connectivity index (χ3v) is 3.38. The zero-order valence-corrected chi connectivity index (χ0v) is 13.3. The quantitative estimate of drug-likeness (QED) is 0.629. The molecule has 0 fully saturated rings. The summed E-state index contributed by atoms with van der Waals surface area (Å²) >= 11 is 0. The Morgan fingerprint density at radius 2 is 2.08 bits per heavy atom. The molecule has 2 heterocycles. The largest absolute Gasteiger partial charge is 0.492 e. The Hall–Kier alpha value is -3.16. The van der Waals surface area contributed by atoms with Crippen molar-refractivity contribution in [3.63, 3.8) is 0 Å². The van der Waals surface area contributed by atoms with Crippen LogP contribution in [0.5, 0.6) is 5.75 Å². The zero-order valence-electron chi connectivity index (χ0n) is 13.3. The van der Waals surface area contributed by atoms with Crippen LogP contribution < -0.4 is 15.0 Å². The van der Waals surface area contributed by atoms with Gasteiger partial charge in [-0.1, -0.05) is 18.2 Å². The number of fused-ring (bicyclic) bond motifs is 1. The Labute approximate surface area is 138 Å². The molecule has 0 aliphatic rings. The maximum atomic E-state index is 12.0. The van der Waals surface area contributed by atoms with E-state index in [-0.39, 0.29) is 12.5 Å². The van der Waals surface area contributed by atoms with Crippen LogP contribution in [-0.4, -0.2) is 52.6 Å². The zero-order chi connectivity index (χ0) is 16.8. The van der Waals surface area contributed by atoms with E-state index in [1.54, 1.807) is 18.3 Å². The van der Waals surface area contributed by atoms with Gasteiger partial charge in [0, 0.05) is 7.05 Å². The monoisotopic (exact) mass is 326 g/mol. The number of likely N-dealkylation sites (N-methyl/N-ethyl adjacent to an activating group) is 1. The molecule has 3 aromatic rings. The molecular weight excluding hydrogens is 308 g/mol. The van der Waals surface area contributed by atoms with Crippen LogP contribution in [0.2, 0.25) is 0 Å². The SMILES string of the molecule is CN(CC(=O)NCCOc1ccccc1)c1ncnc2nc[nH]c12. The average molecular weight is 326 g/mol. The highest BCUT2D eigenvalue weighted by molar-refractivity contribution is 5.86. The van der Waals surface area contributed by atoms with Gasteiger partial charge in [-0.05, 0) is 12.1 Å². The number of para-hydroxylation sites is 1. The number of nitrogens with zero attached hydrogens (tertiary/aromatic N) is 4. The molecule has 0 aliphatic heterocycles. The number of nitrogens with one attached hydrogen (secondary N) is 2. The molecule has 0 saturated carbocycles. The van der Waals surface area contributed by atoms with Gasteiger partial charge in [0.2, 0.25) is 5.91 Å². The maximum Gasteiger partial charge on any atom is 0.239 e. The first-order valence-electron chi connectivity index (χ1n) is 7.54. The van der Waals surface area contributed by atoms with Crippen LogP contribution in [0.1, 0.15) is 0 Å². The van der Waals surface area contributed by atoms with Gasteiger partial charge in [-0.15, -0.1) is 0 Å². The Morgan fingerprint density at radius 1 is 1.25 bits per heavy atom. The first kappa shape index (κ1) is 15.7. The van der Waals surface area contributed by atoms with Crippen molar-refractivity contribution in [2.75, 3.05) is 31.6 Å². The Morgan fingerprint density at radius 3 is 2.92 bits per heavy atom. The number of H-pyrrole nitrogens is 1. The van der Waals surface area contributed by atoms with E-state index in [1.807, 2.05) is 30.3 Å². The Balaban J connectivity index is 1.47. The minimum atomic E-state index is -0.111. The van der Waals surface area contributed by atoms with Gasteiger partial charge in [0.05, 0.1) is 19.4 Å². The lowest BCUT2D eigenvalue weighted by Crippen LogP contribution is -2.37. The Bertz CT molecular complexity index is 804. The van der Waals surface area contributed by atoms with Crippen LogP contribution in [0.3, 0.4) is 0 Å². The third kappa shape index (κ3) is 3.78. The van der Waals surface area contributed by atoms with Crippen molar-refractivity contribution in [2.45, 2.75) is 0 Å². The van der Waals surface area contributed by atoms with Crippen LogP contribution >= 0.6 is 0 Å². The lowest BCUT2D eigenvalue weighted by molar-refractivity contribution is -0.119. The first-order valence-corrected chi connectivity index (χ1v) is 7.54. The van der Waals surface area contributed by atoms with Crippen LogP contribution in [0.4, 0.5) is 5.82 Å². The summed E-state index contributed by atoms with van der Waals surface area (Å²) in [4.78, 5) is 29.1. The van der Waals surface area contributed by atoms with Crippen molar-refractivity contribution >= 4 is 22.9 Å². The molecule has 124 valence electrons. The fraction of sp³-hybridized carbons (Fsp3) is 0.250. The fourth-order valence-corrected chi connectivity index (χ4v) is 2.26.